The zero-order valence-corrected chi connectivity index (χ0v) is 32.9. The van der Waals surface area contributed by atoms with Gasteiger partial charge in [-0.1, -0.05) is 0 Å². The van der Waals surface area contributed by atoms with Gasteiger partial charge in [0.1, 0.15) is 0 Å². The monoisotopic (exact) mass is 786 g/mol. The average Bonchev–Trinajstić information content (AvgIpc) is 3.30. The molecule has 1 aliphatic rings. The van der Waals surface area contributed by atoms with Gasteiger partial charge >= 0.3 is 288 Å². The summed E-state index contributed by atoms with van der Waals surface area (Å²) in [5.41, 5.74) is -2.96. The van der Waals surface area contributed by atoms with Gasteiger partial charge in [-0.2, -0.15) is 0 Å². The van der Waals surface area contributed by atoms with Crippen LogP contribution in [-0.4, -0.2) is 82.0 Å². The minimum atomic E-state index is -2.98. The number of carbonyl (C=O) groups excluding carboxylic acids is 4. The zero-order chi connectivity index (χ0) is 36.2. The fraction of sp³-hybridized carbons (Fsp3) is 0.706. The zero-order valence-electron chi connectivity index (χ0n) is 30.0. The van der Waals surface area contributed by atoms with Crippen LogP contribution in [0.3, 0.4) is 0 Å². The minimum absolute atomic E-state index is 0.0451. The summed E-state index contributed by atoms with van der Waals surface area (Å²) in [5.74, 6) is -2.15. The van der Waals surface area contributed by atoms with Crippen molar-refractivity contribution in [2.75, 3.05) is 6.61 Å². The molecule has 0 saturated carbocycles. The molecule has 0 N–H and O–H groups in total. The second kappa shape index (κ2) is 18.7. The molecule has 270 valence electrons. The van der Waals surface area contributed by atoms with Crippen LogP contribution < -0.4 is 11.2 Å². The van der Waals surface area contributed by atoms with Crippen LogP contribution in [0.5, 0.6) is 0 Å². The third-order valence-corrected chi connectivity index (χ3v) is 22.1. The van der Waals surface area contributed by atoms with E-state index >= 15 is 0 Å². The maximum absolute atomic E-state index is 14.0. The molecule has 0 bridgehead atoms. The Bertz CT molecular complexity index is 1400. The summed E-state index contributed by atoms with van der Waals surface area (Å²) in [6, 6.07) is 0. The van der Waals surface area contributed by atoms with Crippen molar-refractivity contribution in [1.29, 1.82) is 0 Å². The summed E-state index contributed by atoms with van der Waals surface area (Å²) < 4.78 is 34.6. The van der Waals surface area contributed by atoms with Gasteiger partial charge < -0.3 is 0 Å². The molecule has 48 heavy (non-hydrogen) atoms. The Balaban J connectivity index is 2.89. The first kappa shape index (κ1) is 41.2. The van der Waals surface area contributed by atoms with Crippen LogP contribution in [0.4, 0.5) is 4.79 Å². The molecule has 0 aliphatic carbocycles. The summed E-state index contributed by atoms with van der Waals surface area (Å²) in [6.45, 7) is 14.4. The summed E-state index contributed by atoms with van der Waals surface area (Å²) in [6.07, 6.45) is 2.90. The van der Waals surface area contributed by atoms with Crippen molar-refractivity contribution in [1.82, 2.24) is 9.13 Å². The Kier molecular flexibility index (Phi) is 16.1. The molecule has 1 fully saturated rings. The first-order valence-electron chi connectivity index (χ1n) is 16.9. The van der Waals surface area contributed by atoms with E-state index in [-0.39, 0.29) is 5.56 Å². The van der Waals surface area contributed by atoms with E-state index in [1.54, 1.807) is 26.8 Å². The molecule has 1 aromatic rings. The van der Waals surface area contributed by atoms with Crippen LogP contribution in [0.2, 0.25) is 13.3 Å². The summed E-state index contributed by atoms with van der Waals surface area (Å²) in [7, 11) is 0. The maximum atomic E-state index is 14.0. The Morgan fingerprint density at radius 2 is 1.38 bits per heavy atom. The third kappa shape index (κ3) is 11.9. The van der Waals surface area contributed by atoms with Gasteiger partial charge in [0.2, 0.25) is 0 Å². The number of rotatable bonds is 16. The number of unbranched alkanes of at least 4 members (excludes halogenated alkanes) is 3. The molecule has 2 heterocycles. The SMILES string of the molecule is CCC[CH2][Sn](/[CH]=C/c1cn([C@@H]2O[C@H](COC(C)=O)[C@@H](OC(C)=O)[C@@H]2OC(C)=O)c(=O)n(C(=O)OC(C)(C)C)c1=O)([CH2]CCC)[CH2]CCC. The summed E-state index contributed by atoms with van der Waals surface area (Å²) in [4.78, 5) is 77.4. The van der Waals surface area contributed by atoms with E-state index in [0.29, 0.717) is 4.57 Å². The number of carbonyl (C=O) groups is 4. The quantitative estimate of drug-likeness (QED) is 0.118. The molecule has 4 atom stereocenters. The van der Waals surface area contributed by atoms with Gasteiger partial charge in [0, 0.05) is 0 Å². The Morgan fingerprint density at radius 3 is 1.83 bits per heavy atom. The fourth-order valence-corrected chi connectivity index (χ4v) is 19.9. The van der Waals surface area contributed by atoms with Gasteiger partial charge in [0.15, 0.2) is 0 Å². The van der Waals surface area contributed by atoms with Crippen LogP contribution in [0, 0.1) is 0 Å². The van der Waals surface area contributed by atoms with Crippen LogP contribution in [0.1, 0.15) is 113 Å². The van der Waals surface area contributed by atoms with Gasteiger partial charge in [0.25, 0.3) is 0 Å². The van der Waals surface area contributed by atoms with Crippen LogP contribution in [0.25, 0.3) is 6.08 Å². The Hall–Kier alpha value is -2.94. The Labute approximate surface area is 287 Å². The van der Waals surface area contributed by atoms with E-state index in [1.165, 1.54) is 13.1 Å². The second-order valence-corrected chi connectivity index (χ2v) is 26.4. The molecule has 2 rings (SSSR count). The van der Waals surface area contributed by atoms with E-state index in [2.05, 4.69) is 24.9 Å². The predicted molar refractivity (Wildman–Crippen MR) is 182 cm³/mol. The van der Waals surface area contributed by atoms with Gasteiger partial charge in [-0.25, -0.2) is 0 Å². The first-order valence-corrected chi connectivity index (χ1v) is 24.6. The molecule has 1 aliphatic heterocycles. The molecule has 0 radical (unpaired) electrons. The molecular formula is C34H54N2O11Sn. The van der Waals surface area contributed by atoms with Gasteiger partial charge in [-0.05, 0) is 0 Å². The standard InChI is InChI=1S/C22H27N2O11.3C4H9.Sn/c1-8-14-9-23(20(29)24(18(14)28)21(30)35-22(5,6)7)19-17(33-13(4)27)16(32-12(3)26)15(34-19)10-31-11(2)25;3*1-3-4-2;/h1,8-9,15-17,19H,10H2,2-7H3;3*1,3-4H2,2H3;/t15-,16-,17+,19-;;;;/m1..../s1. The van der Waals surface area contributed by atoms with Crippen LogP contribution >= 0.6 is 0 Å². The van der Waals surface area contributed by atoms with Gasteiger partial charge in [-0.3, -0.25) is 0 Å². The van der Waals surface area contributed by atoms with Crippen molar-refractivity contribution in [2.45, 2.75) is 144 Å². The fourth-order valence-electron chi connectivity index (χ4n) is 5.75. The van der Waals surface area contributed by atoms with E-state index in [1.807, 2.05) is 0 Å². The van der Waals surface area contributed by atoms with Crippen molar-refractivity contribution in [3.05, 3.63) is 36.7 Å². The number of ether oxygens (including phenoxy) is 5. The molecule has 0 unspecified atom stereocenters. The number of nitrogens with zero attached hydrogens (tertiary/aromatic N) is 2. The van der Waals surface area contributed by atoms with Crippen molar-refractivity contribution < 1.29 is 42.9 Å². The van der Waals surface area contributed by atoms with E-state index < -0.39 is 90.4 Å². The third-order valence-electron chi connectivity index (χ3n) is 8.03. The molecule has 0 aromatic carbocycles. The second-order valence-electron chi connectivity index (χ2n) is 13.4. The van der Waals surface area contributed by atoms with E-state index in [0.717, 1.165) is 70.2 Å². The number of hydrogen-bond acceptors (Lipinski definition) is 11. The summed E-state index contributed by atoms with van der Waals surface area (Å²) >= 11 is -2.98. The predicted octanol–water partition coefficient (Wildman–Crippen LogP) is 5.52. The molecule has 1 aromatic heterocycles. The molecule has 0 amide bonds. The van der Waals surface area contributed by atoms with Crippen LogP contribution in [-0.2, 0) is 38.1 Å². The van der Waals surface area contributed by atoms with Crippen molar-refractivity contribution >= 4 is 48.5 Å². The first-order chi connectivity index (χ1) is 22.5. The molecule has 14 heteroatoms. The van der Waals surface area contributed by atoms with E-state index in [9.17, 15) is 28.8 Å². The van der Waals surface area contributed by atoms with Gasteiger partial charge in [-0.15, -0.1) is 0 Å². The molecular weight excluding hydrogens is 731 g/mol. The Morgan fingerprint density at radius 1 is 0.854 bits per heavy atom. The molecule has 13 nitrogen and oxygen atoms in total. The topological polar surface area (TPSA) is 158 Å². The summed E-state index contributed by atoms with van der Waals surface area (Å²) in [5, 5.41) is 0. The number of hydrogen-bond donors (Lipinski definition) is 0. The van der Waals surface area contributed by atoms with Crippen LogP contribution in [0.15, 0.2) is 19.9 Å². The van der Waals surface area contributed by atoms with Crippen molar-refractivity contribution in [3.8, 4) is 0 Å². The van der Waals surface area contributed by atoms with Gasteiger partial charge in [0.05, 0.1) is 0 Å². The molecule has 0 spiro atoms. The normalized spacial score (nSPS) is 19.7. The number of aromatic nitrogens is 2. The van der Waals surface area contributed by atoms with Crippen molar-refractivity contribution in [2.24, 2.45) is 0 Å². The van der Waals surface area contributed by atoms with Crippen molar-refractivity contribution in [3.63, 3.8) is 0 Å². The number of esters is 3. The molecule has 1 saturated heterocycles. The average molecular weight is 786 g/mol. The van der Waals surface area contributed by atoms with E-state index in [4.69, 9.17) is 23.7 Å².